The summed E-state index contributed by atoms with van der Waals surface area (Å²) in [6, 6.07) is 19.5. The molecule has 0 spiro atoms. The summed E-state index contributed by atoms with van der Waals surface area (Å²) in [5, 5.41) is 3.37. The molecular weight excluding hydrogens is 467 g/mol. The SMILES string of the molecule is Cc1ccc(C)c(S(=O)(=O)N(CCc2ccccc2)CC(=O)Nc2ccc(Cl)c(Cl)c2)c1. The van der Waals surface area contributed by atoms with E-state index in [0.29, 0.717) is 27.7 Å². The monoisotopic (exact) mass is 490 g/mol. The largest absolute Gasteiger partial charge is 0.325 e. The molecule has 3 aromatic rings. The Bertz CT molecular complexity index is 1220. The van der Waals surface area contributed by atoms with Crippen molar-refractivity contribution >= 4 is 44.8 Å². The third-order valence-electron chi connectivity index (χ3n) is 4.98. The maximum Gasteiger partial charge on any atom is 0.243 e. The summed E-state index contributed by atoms with van der Waals surface area (Å²) in [6.07, 6.45) is 0.477. The van der Waals surface area contributed by atoms with Gasteiger partial charge in [-0.2, -0.15) is 4.31 Å². The van der Waals surface area contributed by atoms with Crippen molar-refractivity contribution in [3.05, 3.63) is 93.5 Å². The fraction of sp³-hybridized carbons (Fsp3) is 0.208. The highest BCUT2D eigenvalue weighted by Crippen LogP contribution is 2.25. The molecule has 3 rings (SSSR count). The summed E-state index contributed by atoms with van der Waals surface area (Å²) >= 11 is 11.9. The van der Waals surface area contributed by atoms with Crippen LogP contribution in [0.1, 0.15) is 16.7 Å². The van der Waals surface area contributed by atoms with Crippen LogP contribution in [0, 0.1) is 13.8 Å². The molecule has 0 radical (unpaired) electrons. The minimum Gasteiger partial charge on any atom is -0.325 e. The molecule has 0 unspecified atom stereocenters. The van der Waals surface area contributed by atoms with Gasteiger partial charge in [0.05, 0.1) is 21.5 Å². The molecule has 8 heteroatoms. The molecule has 0 aliphatic carbocycles. The number of carbonyl (C=O) groups excluding carboxylic acids is 1. The van der Waals surface area contributed by atoms with Gasteiger partial charge < -0.3 is 5.32 Å². The number of carbonyl (C=O) groups is 1. The standard InChI is InChI=1S/C24H24Cl2N2O3S/c1-17-8-9-18(2)23(14-17)32(30,31)28(13-12-19-6-4-3-5-7-19)16-24(29)27-20-10-11-21(25)22(26)15-20/h3-11,14-15H,12-13,16H2,1-2H3,(H,27,29). The molecule has 0 aliphatic heterocycles. The number of sulfonamides is 1. The predicted molar refractivity (Wildman–Crippen MR) is 130 cm³/mol. The molecule has 0 aromatic heterocycles. The van der Waals surface area contributed by atoms with Gasteiger partial charge >= 0.3 is 0 Å². The molecular formula is C24H24Cl2N2O3S. The van der Waals surface area contributed by atoms with Gasteiger partial charge in [-0.15, -0.1) is 0 Å². The zero-order valence-corrected chi connectivity index (χ0v) is 20.1. The van der Waals surface area contributed by atoms with E-state index in [1.165, 1.54) is 10.4 Å². The summed E-state index contributed by atoms with van der Waals surface area (Å²) in [7, 11) is -3.90. The lowest BCUT2D eigenvalue weighted by molar-refractivity contribution is -0.116. The average molecular weight is 491 g/mol. The summed E-state index contributed by atoms with van der Waals surface area (Å²) in [5.74, 6) is -0.467. The van der Waals surface area contributed by atoms with Crippen molar-refractivity contribution in [2.45, 2.75) is 25.2 Å². The Morgan fingerprint density at radius 1 is 0.938 bits per heavy atom. The first-order valence-electron chi connectivity index (χ1n) is 10.0. The minimum atomic E-state index is -3.90. The molecule has 0 saturated heterocycles. The number of halogens is 2. The molecule has 0 heterocycles. The van der Waals surface area contributed by atoms with Crippen molar-refractivity contribution in [3.63, 3.8) is 0 Å². The molecule has 0 atom stereocenters. The highest BCUT2D eigenvalue weighted by Gasteiger charge is 2.28. The van der Waals surface area contributed by atoms with Crippen LogP contribution in [-0.4, -0.2) is 31.7 Å². The number of rotatable bonds is 8. The Morgan fingerprint density at radius 2 is 1.66 bits per heavy atom. The lowest BCUT2D eigenvalue weighted by Gasteiger charge is -2.23. The van der Waals surface area contributed by atoms with Gasteiger partial charge in [0, 0.05) is 12.2 Å². The van der Waals surface area contributed by atoms with Crippen LogP contribution in [0.15, 0.2) is 71.6 Å². The van der Waals surface area contributed by atoms with Crippen molar-refractivity contribution < 1.29 is 13.2 Å². The van der Waals surface area contributed by atoms with E-state index in [1.807, 2.05) is 43.3 Å². The minimum absolute atomic E-state index is 0.161. The van der Waals surface area contributed by atoms with Gasteiger partial charge in [0.2, 0.25) is 15.9 Å². The van der Waals surface area contributed by atoms with Gasteiger partial charge in [-0.25, -0.2) is 8.42 Å². The van der Waals surface area contributed by atoms with Gasteiger partial charge in [0.1, 0.15) is 0 Å². The van der Waals surface area contributed by atoms with Gasteiger partial charge in [0.25, 0.3) is 0 Å². The lowest BCUT2D eigenvalue weighted by Crippen LogP contribution is -2.39. The summed E-state index contributed by atoms with van der Waals surface area (Å²) in [6.45, 7) is 3.42. The van der Waals surface area contributed by atoms with Gasteiger partial charge in [0.15, 0.2) is 0 Å². The molecule has 1 N–H and O–H groups in total. The molecule has 5 nitrogen and oxygen atoms in total. The highest BCUT2D eigenvalue weighted by molar-refractivity contribution is 7.89. The van der Waals surface area contributed by atoms with Crippen LogP contribution >= 0.6 is 23.2 Å². The van der Waals surface area contributed by atoms with Crippen LogP contribution in [0.5, 0.6) is 0 Å². The van der Waals surface area contributed by atoms with E-state index in [-0.39, 0.29) is 18.0 Å². The second-order valence-corrected chi connectivity index (χ2v) is 10.2. The molecule has 168 valence electrons. The zero-order chi connectivity index (χ0) is 23.3. The summed E-state index contributed by atoms with van der Waals surface area (Å²) < 4.78 is 28.3. The molecule has 3 aromatic carbocycles. The number of anilines is 1. The van der Waals surface area contributed by atoms with E-state index < -0.39 is 15.9 Å². The third-order valence-corrected chi connectivity index (χ3v) is 7.70. The Balaban J connectivity index is 1.86. The number of aryl methyl sites for hydroxylation is 2. The fourth-order valence-corrected chi connectivity index (χ4v) is 5.25. The van der Waals surface area contributed by atoms with Gasteiger partial charge in [-0.1, -0.05) is 65.7 Å². The molecule has 0 saturated carbocycles. The Morgan fingerprint density at radius 3 is 2.34 bits per heavy atom. The van der Waals surface area contributed by atoms with Crippen LogP contribution in [0.2, 0.25) is 10.0 Å². The molecule has 1 amide bonds. The molecule has 0 aliphatic rings. The third kappa shape index (κ3) is 6.11. The van der Waals surface area contributed by atoms with E-state index in [9.17, 15) is 13.2 Å². The van der Waals surface area contributed by atoms with E-state index in [4.69, 9.17) is 23.2 Å². The van der Waals surface area contributed by atoms with Crippen LogP contribution in [0.25, 0.3) is 0 Å². The zero-order valence-electron chi connectivity index (χ0n) is 17.8. The number of amides is 1. The molecule has 32 heavy (non-hydrogen) atoms. The Hall–Kier alpha value is -2.38. The fourth-order valence-electron chi connectivity index (χ4n) is 3.24. The van der Waals surface area contributed by atoms with Crippen molar-refractivity contribution in [1.29, 1.82) is 0 Å². The summed E-state index contributed by atoms with van der Waals surface area (Å²) in [4.78, 5) is 13.0. The predicted octanol–water partition coefficient (Wildman–Crippen LogP) is 5.48. The average Bonchev–Trinajstić information content (AvgIpc) is 2.76. The van der Waals surface area contributed by atoms with Gasteiger partial charge in [-0.3, -0.25) is 4.79 Å². The van der Waals surface area contributed by atoms with Crippen LogP contribution in [0.4, 0.5) is 5.69 Å². The number of hydrogen-bond acceptors (Lipinski definition) is 3. The van der Waals surface area contributed by atoms with Crippen LogP contribution < -0.4 is 5.32 Å². The Kier molecular flexibility index (Phi) is 7.96. The first-order valence-corrected chi connectivity index (χ1v) is 12.2. The number of benzene rings is 3. The van der Waals surface area contributed by atoms with Crippen molar-refractivity contribution in [2.24, 2.45) is 0 Å². The van der Waals surface area contributed by atoms with Crippen molar-refractivity contribution in [2.75, 3.05) is 18.4 Å². The molecule has 0 bridgehead atoms. The van der Waals surface area contributed by atoms with E-state index >= 15 is 0 Å². The topological polar surface area (TPSA) is 66.5 Å². The molecule has 0 fully saturated rings. The van der Waals surface area contributed by atoms with E-state index in [1.54, 1.807) is 31.2 Å². The second-order valence-electron chi connectivity index (χ2n) is 7.52. The first kappa shape index (κ1) is 24.3. The van der Waals surface area contributed by atoms with Crippen molar-refractivity contribution in [3.8, 4) is 0 Å². The smallest absolute Gasteiger partial charge is 0.243 e. The number of nitrogens with zero attached hydrogens (tertiary/aromatic N) is 1. The second kappa shape index (κ2) is 10.5. The van der Waals surface area contributed by atoms with Crippen LogP contribution in [0.3, 0.4) is 0 Å². The maximum absolute atomic E-state index is 13.5. The first-order chi connectivity index (χ1) is 15.2. The van der Waals surface area contributed by atoms with Crippen molar-refractivity contribution in [1.82, 2.24) is 4.31 Å². The normalized spacial score (nSPS) is 11.5. The van der Waals surface area contributed by atoms with E-state index in [2.05, 4.69) is 5.32 Å². The van der Waals surface area contributed by atoms with E-state index in [0.717, 1.165) is 11.1 Å². The number of nitrogens with one attached hydrogen (secondary N) is 1. The Labute approximate surface area is 199 Å². The highest BCUT2D eigenvalue weighted by atomic mass is 35.5. The quantitative estimate of drug-likeness (QED) is 0.454. The maximum atomic E-state index is 13.5. The van der Waals surface area contributed by atoms with Crippen LogP contribution in [-0.2, 0) is 21.2 Å². The lowest BCUT2D eigenvalue weighted by atomic mass is 10.1. The van der Waals surface area contributed by atoms with Gasteiger partial charge in [-0.05, 0) is 61.2 Å². The number of hydrogen-bond donors (Lipinski definition) is 1. The summed E-state index contributed by atoms with van der Waals surface area (Å²) in [5.41, 5.74) is 2.89.